The average molecular weight is 446 g/mol. The summed E-state index contributed by atoms with van der Waals surface area (Å²) in [5.41, 5.74) is 1.51. The number of rotatable bonds is 9. The van der Waals surface area contributed by atoms with Gasteiger partial charge in [0.05, 0.1) is 18.1 Å². The van der Waals surface area contributed by atoms with E-state index in [1.807, 2.05) is 25.1 Å². The van der Waals surface area contributed by atoms with Gasteiger partial charge in [-0.3, -0.25) is 4.90 Å². The van der Waals surface area contributed by atoms with Crippen molar-refractivity contribution in [3.63, 3.8) is 0 Å². The molecule has 1 fully saturated rings. The van der Waals surface area contributed by atoms with Crippen molar-refractivity contribution in [3.8, 4) is 0 Å². The maximum atomic E-state index is 12.5. The molecule has 4 rings (SSSR count). The number of anilines is 1. The van der Waals surface area contributed by atoms with Crippen LogP contribution in [0.4, 0.5) is 5.82 Å². The Bertz CT molecular complexity index is 1130. The van der Waals surface area contributed by atoms with E-state index in [1.165, 1.54) is 0 Å². The van der Waals surface area contributed by atoms with Crippen LogP contribution in [0.3, 0.4) is 0 Å². The zero-order chi connectivity index (χ0) is 21.7. The number of hydrogen-bond acceptors (Lipinski definition) is 8. The Morgan fingerprint density at radius 1 is 1.10 bits per heavy atom. The molecule has 0 atom stereocenters. The van der Waals surface area contributed by atoms with Crippen molar-refractivity contribution < 1.29 is 13.2 Å². The van der Waals surface area contributed by atoms with Crippen molar-refractivity contribution in [1.82, 2.24) is 29.4 Å². The molecule has 1 aliphatic heterocycles. The highest BCUT2D eigenvalue weighted by atomic mass is 32.2. The van der Waals surface area contributed by atoms with Gasteiger partial charge >= 0.3 is 0 Å². The molecule has 0 unspecified atom stereocenters. The number of ether oxygens (including phenoxy) is 1. The van der Waals surface area contributed by atoms with E-state index in [9.17, 15) is 8.42 Å². The first-order valence-corrected chi connectivity index (χ1v) is 11.8. The lowest BCUT2D eigenvalue weighted by Crippen LogP contribution is -2.39. The van der Waals surface area contributed by atoms with Crippen LogP contribution in [0.5, 0.6) is 0 Å². The molecule has 0 spiro atoms. The standard InChI is InChI=1S/C20H27N7O3S/c1-16-3-2-4-17(15-16)31(28,29)22-8-7-20-24-23-19-6-5-18(25-27(19)20)21-9-10-26-11-13-30-14-12-26/h2-6,15,22H,7-14H2,1H3,(H,21,25). The monoisotopic (exact) mass is 445 g/mol. The third-order valence-corrected chi connectivity index (χ3v) is 6.56. The fourth-order valence-corrected chi connectivity index (χ4v) is 4.55. The Morgan fingerprint density at radius 2 is 1.94 bits per heavy atom. The van der Waals surface area contributed by atoms with E-state index >= 15 is 0 Å². The molecular weight excluding hydrogens is 418 g/mol. The average Bonchev–Trinajstić information content (AvgIpc) is 3.17. The zero-order valence-corrected chi connectivity index (χ0v) is 18.3. The molecule has 1 saturated heterocycles. The van der Waals surface area contributed by atoms with Gasteiger partial charge in [0.15, 0.2) is 11.5 Å². The van der Waals surface area contributed by atoms with Crippen LogP contribution >= 0.6 is 0 Å². The Kier molecular flexibility index (Phi) is 6.76. The quantitative estimate of drug-likeness (QED) is 0.495. The summed E-state index contributed by atoms with van der Waals surface area (Å²) in [5.74, 6) is 1.32. The van der Waals surface area contributed by atoms with E-state index in [1.54, 1.807) is 22.7 Å². The molecule has 3 aromatic rings. The summed E-state index contributed by atoms with van der Waals surface area (Å²) in [6, 6.07) is 10.5. The SMILES string of the molecule is Cc1cccc(S(=O)(=O)NCCc2nnc3ccc(NCCN4CCOCC4)nn23)c1. The lowest BCUT2D eigenvalue weighted by molar-refractivity contribution is 0.0398. The lowest BCUT2D eigenvalue weighted by atomic mass is 10.2. The summed E-state index contributed by atoms with van der Waals surface area (Å²) in [7, 11) is -3.57. The van der Waals surface area contributed by atoms with Crippen molar-refractivity contribution in [1.29, 1.82) is 0 Å². The summed E-state index contributed by atoms with van der Waals surface area (Å²) < 4.78 is 34.6. The maximum Gasteiger partial charge on any atom is 0.240 e. The summed E-state index contributed by atoms with van der Waals surface area (Å²) >= 11 is 0. The second kappa shape index (κ2) is 9.69. The van der Waals surface area contributed by atoms with Crippen molar-refractivity contribution in [2.75, 3.05) is 51.3 Å². The molecule has 0 bridgehead atoms. The minimum Gasteiger partial charge on any atom is -0.379 e. The fourth-order valence-electron chi connectivity index (χ4n) is 3.41. The van der Waals surface area contributed by atoms with Crippen molar-refractivity contribution in [2.45, 2.75) is 18.2 Å². The zero-order valence-electron chi connectivity index (χ0n) is 17.5. The van der Waals surface area contributed by atoms with E-state index in [0.29, 0.717) is 17.9 Å². The van der Waals surface area contributed by atoms with Gasteiger partial charge in [-0.15, -0.1) is 15.3 Å². The normalized spacial score (nSPS) is 15.4. The Labute approximate surface area is 181 Å². The number of aromatic nitrogens is 4. The van der Waals surface area contributed by atoms with E-state index in [-0.39, 0.29) is 11.4 Å². The molecule has 1 aliphatic rings. The van der Waals surface area contributed by atoms with Gasteiger partial charge in [-0.2, -0.15) is 4.52 Å². The summed E-state index contributed by atoms with van der Waals surface area (Å²) in [6.07, 6.45) is 0.371. The molecule has 31 heavy (non-hydrogen) atoms. The van der Waals surface area contributed by atoms with Gasteiger partial charge in [0, 0.05) is 39.1 Å². The molecular formula is C20H27N7O3S. The van der Waals surface area contributed by atoms with Gasteiger partial charge in [-0.05, 0) is 36.8 Å². The minimum absolute atomic E-state index is 0.202. The first-order valence-electron chi connectivity index (χ1n) is 10.3. The molecule has 0 aliphatic carbocycles. The molecule has 1 aromatic carbocycles. The van der Waals surface area contributed by atoms with Crippen LogP contribution in [-0.2, 0) is 21.2 Å². The Morgan fingerprint density at radius 3 is 2.74 bits per heavy atom. The molecule has 166 valence electrons. The molecule has 2 N–H and O–H groups in total. The van der Waals surface area contributed by atoms with Gasteiger partial charge in [0.25, 0.3) is 0 Å². The lowest BCUT2D eigenvalue weighted by Gasteiger charge is -2.26. The van der Waals surface area contributed by atoms with E-state index in [2.05, 4.69) is 30.2 Å². The van der Waals surface area contributed by atoms with Gasteiger partial charge in [-0.1, -0.05) is 12.1 Å². The topological polar surface area (TPSA) is 114 Å². The number of nitrogens with zero attached hydrogens (tertiary/aromatic N) is 5. The Hall–Kier alpha value is -2.60. The molecule has 0 radical (unpaired) electrons. The molecule has 0 saturated carbocycles. The van der Waals surface area contributed by atoms with Crippen molar-refractivity contribution >= 4 is 21.5 Å². The first kappa shape index (κ1) is 21.6. The van der Waals surface area contributed by atoms with Crippen LogP contribution in [-0.4, -0.2) is 79.1 Å². The van der Waals surface area contributed by atoms with Crippen LogP contribution in [0.2, 0.25) is 0 Å². The van der Waals surface area contributed by atoms with E-state index in [4.69, 9.17) is 4.74 Å². The van der Waals surface area contributed by atoms with Crippen LogP contribution < -0.4 is 10.0 Å². The second-order valence-corrected chi connectivity index (χ2v) is 9.22. The van der Waals surface area contributed by atoms with E-state index in [0.717, 1.165) is 50.8 Å². The summed E-state index contributed by atoms with van der Waals surface area (Å²) in [5, 5.41) is 16.2. The van der Waals surface area contributed by atoms with Crippen molar-refractivity contribution in [3.05, 3.63) is 47.8 Å². The largest absolute Gasteiger partial charge is 0.379 e. The molecule has 3 heterocycles. The highest BCUT2D eigenvalue weighted by Gasteiger charge is 2.15. The van der Waals surface area contributed by atoms with Gasteiger partial charge in [-0.25, -0.2) is 13.1 Å². The molecule has 0 amide bonds. The number of sulfonamides is 1. The molecule has 2 aromatic heterocycles. The highest BCUT2D eigenvalue weighted by molar-refractivity contribution is 7.89. The number of morpholine rings is 1. The number of fused-ring (bicyclic) bond motifs is 1. The number of benzene rings is 1. The number of aryl methyl sites for hydroxylation is 1. The first-order chi connectivity index (χ1) is 15.0. The Balaban J connectivity index is 1.35. The predicted octanol–water partition coefficient (Wildman–Crippen LogP) is 0.698. The summed E-state index contributed by atoms with van der Waals surface area (Å²) in [4.78, 5) is 2.60. The predicted molar refractivity (Wildman–Crippen MR) is 117 cm³/mol. The number of hydrogen-bond donors (Lipinski definition) is 2. The highest BCUT2D eigenvalue weighted by Crippen LogP contribution is 2.11. The van der Waals surface area contributed by atoms with Crippen LogP contribution in [0.1, 0.15) is 11.4 Å². The third-order valence-electron chi connectivity index (χ3n) is 5.11. The number of nitrogens with one attached hydrogen (secondary N) is 2. The molecule has 11 heteroatoms. The van der Waals surface area contributed by atoms with Gasteiger partial charge in [0.2, 0.25) is 10.0 Å². The maximum absolute atomic E-state index is 12.5. The van der Waals surface area contributed by atoms with Gasteiger partial charge in [0.1, 0.15) is 5.82 Å². The minimum atomic E-state index is -3.57. The van der Waals surface area contributed by atoms with Crippen LogP contribution in [0.25, 0.3) is 5.65 Å². The second-order valence-electron chi connectivity index (χ2n) is 7.45. The smallest absolute Gasteiger partial charge is 0.240 e. The van der Waals surface area contributed by atoms with E-state index < -0.39 is 10.0 Å². The van der Waals surface area contributed by atoms with Crippen LogP contribution in [0, 0.1) is 6.92 Å². The van der Waals surface area contributed by atoms with Crippen LogP contribution in [0.15, 0.2) is 41.3 Å². The van der Waals surface area contributed by atoms with Gasteiger partial charge < -0.3 is 10.1 Å². The molecule has 10 nitrogen and oxygen atoms in total. The van der Waals surface area contributed by atoms with Crippen molar-refractivity contribution in [2.24, 2.45) is 0 Å². The third kappa shape index (κ3) is 5.56. The fraction of sp³-hybridized carbons (Fsp3) is 0.450. The summed E-state index contributed by atoms with van der Waals surface area (Å²) in [6.45, 7) is 7.20.